The molecule has 2 atom stereocenters. The second kappa shape index (κ2) is 6.84. The smallest absolute Gasteiger partial charge is 0.252 e. The van der Waals surface area contributed by atoms with Gasteiger partial charge < -0.3 is 15.3 Å². The van der Waals surface area contributed by atoms with E-state index in [1.54, 1.807) is 24.3 Å². The molecule has 150 valence electrons. The van der Waals surface area contributed by atoms with Crippen molar-refractivity contribution in [3.05, 3.63) is 41.6 Å². The van der Waals surface area contributed by atoms with Crippen LogP contribution in [-0.4, -0.2) is 56.3 Å². The average Bonchev–Trinajstić information content (AvgIpc) is 3.16. The minimum atomic E-state index is -0.0733. The van der Waals surface area contributed by atoms with Crippen LogP contribution in [0.3, 0.4) is 0 Å². The molecule has 1 aromatic carbocycles. The van der Waals surface area contributed by atoms with Crippen LogP contribution in [0.1, 0.15) is 41.7 Å². The minimum Gasteiger partial charge on any atom is -0.508 e. The monoisotopic (exact) mass is 391 g/mol. The van der Waals surface area contributed by atoms with Crippen molar-refractivity contribution in [2.24, 2.45) is 0 Å². The fraction of sp³-hybridized carbons (Fsp3) is 0.409. The molecule has 7 nitrogen and oxygen atoms in total. The van der Waals surface area contributed by atoms with Crippen LogP contribution < -0.4 is 5.32 Å². The molecule has 2 fully saturated rings. The molecule has 5 rings (SSSR count). The van der Waals surface area contributed by atoms with Gasteiger partial charge in [0.1, 0.15) is 5.75 Å². The van der Waals surface area contributed by atoms with Crippen LogP contribution in [0.5, 0.6) is 5.75 Å². The Morgan fingerprint density at radius 1 is 1.21 bits per heavy atom. The number of hydrogen-bond donors (Lipinski definition) is 3. The van der Waals surface area contributed by atoms with E-state index in [9.17, 15) is 9.90 Å². The van der Waals surface area contributed by atoms with Crippen molar-refractivity contribution < 1.29 is 9.90 Å². The van der Waals surface area contributed by atoms with E-state index in [-0.39, 0.29) is 17.7 Å². The number of rotatable bonds is 3. The highest BCUT2D eigenvalue weighted by molar-refractivity contribution is 6.07. The predicted molar refractivity (Wildman–Crippen MR) is 111 cm³/mol. The van der Waals surface area contributed by atoms with E-state index in [1.165, 1.54) is 12.8 Å². The number of pyridine rings is 1. The van der Waals surface area contributed by atoms with Crippen LogP contribution in [-0.2, 0) is 0 Å². The molecule has 0 aliphatic carbocycles. The maximum atomic E-state index is 13.3. The Morgan fingerprint density at radius 2 is 1.90 bits per heavy atom. The van der Waals surface area contributed by atoms with E-state index >= 15 is 0 Å². The Hall–Kier alpha value is -2.93. The molecule has 7 heteroatoms. The first-order valence-electron chi connectivity index (χ1n) is 10.2. The third-order valence-electron chi connectivity index (χ3n) is 6.55. The number of phenols is 1. The third kappa shape index (κ3) is 3.15. The summed E-state index contributed by atoms with van der Waals surface area (Å²) >= 11 is 0. The number of fused-ring (bicyclic) bond motifs is 3. The standard InChI is InChI=1S/C22H25N5O2/c1-12-20-18(22(29)23-14-9-15-5-6-16(10-14)27(15)2)11-19(24-21(20)26-25-12)13-3-7-17(28)8-4-13/h3-4,7-8,11,14-16,28H,5-6,9-10H2,1-2H3,(H,23,29)(H,24,25,26). The second-order valence-corrected chi connectivity index (χ2v) is 8.34. The first kappa shape index (κ1) is 18.1. The largest absolute Gasteiger partial charge is 0.508 e. The lowest BCUT2D eigenvalue weighted by Gasteiger charge is -2.36. The van der Waals surface area contributed by atoms with Crippen molar-refractivity contribution in [1.29, 1.82) is 0 Å². The van der Waals surface area contributed by atoms with Gasteiger partial charge in [-0.25, -0.2) is 4.98 Å². The van der Waals surface area contributed by atoms with Crippen LogP contribution in [0.2, 0.25) is 0 Å². The van der Waals surface area contributed by atoms with Crippen molar-refractivity contribution in [3.8, 4) is 17.0 Å². The highest BCUT2D eigenvalue weighted by Gasteiger charge is 2.39. The number of H-pyrrole nitrogens is 1. The number of nitrogens with one attached hydrogen (secondary N) is 2. The number of nitrogens with zero attached hydrogens (tertiary/aromatic N) is 3. The second-order valence-electron chi connectivity index (χ2n) is 8.34. The summed E-state index contributed by atoms with van der Waals surface area (Å²) in [5, 5.41) is 20.8. The van der Waals surface area contributed by atoms with Crippen molar-refractivity contribution in [1.82, 2.24) is 25.4 Å². The lowest BCUT2D eigenvalue weighted by molar-refractivity contribution is 0.0884. The fourth-order valence-electron chi connectivity index (χ4n) is 4.93. The molecule has 2 saturated heterocycles. The molecular weight excluding hydrogens is 366 g/mol. The zero-order chi connectivity index (χ0) is 20.1. The molecule has 2 unspecified atom stereocenters. The Balaban J connectivity index is 1.49. The van der Waals surface area contributed by atoms with E-state index in [4.69, 9.17) is 0 Å². The molecule has 2 bridgehead atoms. The third-order valence-corrected chi connectivity index (χ3v) is 6.55. The topological polar surface area (TPSA) is 94.1 Å². The molecule has 0 saturated carbocycles. The molecule has 2 aliphatic rings. The molecule has 2 aromatic heterocycles. The molecule has 3 N–H and O–H groups in total. The number of aromatic nitrogens is 3. The highest BCUT2D eigenvalue weighted by Crippen LogP contribution is 2.34. The van der Waals surface area contributed by atoms with Gasteiger partial charge in [0.15, 0.2) is 5.65 Å². The molecule has 4 heterocycles. The Bertz CT molecular complexity index is 1060. The number of aromatic amines is 1. The maximum Gasteiger partial charge on any atom is 0.252 e. The van der Waals surface area contributed by atoms with E-state index < -0.39 is 0 Å². The summed E-state index contributed by atoms with van der Waals surface area (Å²) in [6, 6.07) is 9.98. The van der Waals surface area contributed by atoms with E-state index in [0.29, 0.717) is 29.0 Å². The van der Waals surface area contributed by atoms with Gasteiger partial charge in [-0.3, -0.25) is 9.89 Å². The van der Waals surface area contributed by atoms with Gasteiger partial charge in [0.05, 0.1) is 16.6 Å². The molecule has 29 heavy (non-hydrogen) atoms. The van der Waals surface area contributed by atoms with Crippen LogP contribution >= 0.6 is 0 Å². The van der Waals surface area contributed by atoms with Gasteiger partial charge in [0.2, 0.25) is 0 Å². The lowest BCUT2D eigenvalue weighted by atomic mass is 9.97. The van der Waals surface area contributed by atoms with Gasteiger partial charge in [-0.1, -0.05) is 0 Å². The minimum absolute atomic E-state index is 0.0733. The number of carbonyl (C=O) groups is 1. The van der Waals surface area contributed by atoms with Gasteiger partial charge in [-0.05, 0) is 70.0 Å². The Kier molecular flexibility index (Phi) is 4.28. The lowest BCUT2D eigenvalue weighted by Crippen LogP contribution is -2.48. The predicted octanol–water partition coefficient (Wildman–Crippen LogP) is 2.99. The number of carbonyl (C=O) groups excluding carboxylic acids is 1. The van der Waals surface area contributed by atoms with Gasteiger partial charge in [0.25, 0.3) is 5.91 Å². The number of benzene rings is 1. The van der Waals surface area contributed by atoms with Crippen LogP contribution in [0.15, 0.2) is 30.3 Å². The van der Waals surface area contributed by atoms with E-state index in [2.05, 4.69) is 32.4 Å². The SMILES string of the molecule is Cc1[nH]nc2nc(-c3ccc(O)cc3)cc(C(=O)NC3CC4CCC(C3)N4C)c12. The zero-order valence-electron chi connectivity index (χ0n) is 16.6. The Morgan fingerprint density at radius 3 is 2.59 bits per heavy atom. The van der Waals surface area contributed by atoms with Crippen molar-refractivity contribution in [2.75, 3.05) is 7.05 Å². The molecule has 0 spiro atoms. The number of aryl methyl sites for hydroxylation is 1. The maximum absolute atomic E-state index is 13.3. The van der Waals surface area contributed by atoms with Crippen molar-refractivity contribution in [3.63, 3.8) is 0 Å². The van der Waals surface area contributed by atoms with Gasteiger partial charge in [-0.2, -0.15) is 5.10 Å². The van der Waals surface area contributed by atoms with Gasteiger partial charge in [0, 0.05) is 29.4 Å². The number of amides is 1. The summed E-state index contributed by atoms with van der Waals surface area (Å²) in [5.74, 6) is 0.121. The van der Waals surface area contributed by atoms with Crippen molar-refractivity contribution >= 4 is 16.9 Å². The van der Waals surface area contributed by atoms with Gasteiger partial charge >= 0.3 is 0 Å². The fourth-order valence-corrected chi connectivity index (χ4v) is 4.93. The molecular formula is C22H25N5O2. The van der Waals surface area contributed by atoms with Crippen LogP contribution in [0.4, 0.5) is 0 Å². The summed E-state index contributed by atoms with van der Waals surface area (Å²) in [4.78, 5) is 20.4. The summed E-state index contributed by atoms with van der Waals surface area (Å²) in [6.45, 7) is 1.91. The molecule has 3 aromatic rings. The molecule has 1 amide bonds. The van der Waals surface area contributed by atoms with Crippen molar-refractivity contribution in [2.45, 2.75) is 50.7 Å². The van der Waals surface area contributed by atoms with Crippen LogP contribution in [0.25, 0.3) is 22.3 Å². The van der Waals surface area contributed by atoms with Crippen LogP contribution in [0, 0.1) is 6.92 Å². The first-order chi connectivity index (χ1) is 14.0. The quantitative estimate of drug-likeness (QED) is 0.638. The summed E-state index contributed by atoms with van der Waals surface area (Å²) in [6.07, 6.45) is 4.45. The number of piperidine rings is 1. The zero-order valence-corrected chi connectivity index (χ0v) is 16.6. The van der Waals surface area contributed by atoms with E-state index in [0.717, 1.165) is 29.5 Å². The first-order valence-corrected chi connectivity index (χ1v) is 10.2. The Labute approximate surface area is 169 Å². The summed E-state index contributed by atoms with van der Waals surface area (Å²) < 4.78 is 0. The summed E-state index contributed by atoms with van der Waals surface area (Å²) in [7, 11) is 2.20. The average molecular weight is 391 g/mol. The summed E-state index contributed by atoms with van der Waals surface area (Å²) in [5.41, 5.74) is 3.45. The number of aromatic hydroxyl groups is 1. The number of phenolic OH excluding ortho intramolecular Hbond substituents is 1. The highest BCUT2D eigenvalue weighted by atomic mass is 16.3. The normalized spacial score (nSPS) is 24.1. The molecule has 2 aliphatic heterocycles. The van der Waals surface area contributed by atoms with E-state index in [1.807, 2.05) is 13.0 Å². The van der Waals surface area contributed by atoms with Gasteiger partial charge in [-0.15, -0.1) is 0 Å². The molecule has 0 radical (unpaired) electrons. The number of hydrogen-bond acceptors (Lipinski definition) is 5.